The maximum Gasteiger partial charge on any atom is 0.306 e. The maximum atomic E-state index is 14.0. The van der Waals surface area contributed by atoms with Crippen LogP contribution < -0.4 is 22.6 Å². The highest BCUT2D eigenvalue weighted by Crippen LogP contribution is 2.51. The van der Waals surface area contributed by atoms with E-state index in [0.717, 1.165) is 18.1 Å². The van der Waals surface area contributed by atoms with Crippen molar-refractivity contribution in [2.45, 2.75) is 20.8 Å². The highest BCUT2D eigenvalue weighted by atomic mass is 32.2. The molecule has 0 atom stereocenters. The van der Waals surface area contributed by atoms with Crippen molar-refractivity contribution in [2.75, 3.05) is 33.3 Å². The lowest BCUT2D eigenvalue weighted by atomic mass is 9.95. The lowest BCUT2D eigenvalue weighted by Crippen LogP contribution is -2.10. The second kappa shape index (κ2) is 12.2. The molecule has 0 aliphatic rings. The Labute approximate surface area is 234 Å². The molecule has 0 amide bonds. The summed E-state index contributed by atoms with van der Waals surface area (Å²) in [6.07, 6.45) is 3.57. The molecule has 3 rings (SSSR count). The van der Waals surface area contributed by atoms with Gasteiger partial charge < -0.3 is 22.6 Å². The van der Waals surface area contributed by atoms with E-state index in [0.29, 0.717) is 16.7 Å². The average molecular weight is 595 g/mol. The minimum atomic E-state index is -4.10. The Morgan fingerprint density at radius 3 is 2.00 bits per heavy atom. The molecule has 3 aromatic carbocycles. The van der Waals surface area contributed by atoms with Crippen molar-refractivity contribution in [3.8, 4) is 51.0 Å². The topological polar surface area (TPSA) is 114 Å². The van der Waals surface area contributed by atoms with Crippen molar-refractivity contribution in [3.05, 3.63) is 65.5 Å². The van der Waals surface area contributed by atoms with E-state index in [2.05, 4.69) is 0 Å². The van der Waals surface area contributed by atoms with Gasteiger partial charge >= 0.3 is 20.2 Å². The molecule has 0 aliphatic heterocycles. The van der Waals surface area contributed by atoms with Crippen molar-refractivity contribution < 1.29 is 43.8 Å². The van der Waals surface area contributed by atoms with Gasteiger partial charge in [-0.25, -0.2) is 4.39 Å². The Morgan fingerprint density at radius 2 is 1.45 bits per heavy atom. The number of methoxy groups -OCH3 is 2. The molecule has 40 heavy (non-hydrogen) atoms. The predicted molar refractivity (Wildman–Crippen MR) is 151 cm³/mol. The molecule has 0 spiro atoms. The Bertz CT molecular complexity index is 1660. The number of halogens is 1. The van der Waals surface area contributed by atoms with E-state index in [9.17, 15) is 21.2 Å². The normalized spacial score (nSPS) is 11.5. The third kappa shape index (κ3) is 7.66. The first-order valence-electron chi connectivity index (χ1n) is 11.9. The summed E-state index contributed by atoms with van der Waals surface area (Å²) in [5.41, 5.74) is 2.67. The van der Waals surface area contributed by atoms with Gasteiger partial charge in [0.15, 0.2) is 23.0 Å². The second-order valence-corrected chi connectivity index (χ2v) is 12.3. The summed E-state index contributed by atoms with van der Waals surface area (Å²) < 4.78 is 90.5. The largest absolute Gasteiger partial charge is 0.496 e. The van der Waals surface area contributed by atoms with Gasteiger partial charge in [-0.1, -0.05) is 17.7 Å². The summed E-state index contributed by atoms with van der Waals surface area (Å²) in [4.78, 5) is 0. The van der Waals surface area contributed by atoms with Gasteiger partial charge in [0.1, 0.15) is 18.2 Å². The first-order chi connectivity index (χ1) is 18.6. The molecule has 0 saturated carbocycles. The van der Waals surface area contributed by atoms with Crippen LogP contribution in [0, 0.1) is 12.7 Å². The predicted octanol–water partition coefficient (Wildman–Crippen LogP) is 5.51. The fourth-order valence-corrected chi connectivity index (χ4v) is 4.74. The average Bonchev–Trinajstić information content (AvgIpc) is 2.84. The van der Waals surface area contributed by atoms with Crippen molar-refractivity contribution in [2.24, 2.45) is 0 Å². The molecule has 9 nitrogen and oxygen atoms in total. The number of benzene rings is 3. The molecule has 0 radical (unpaired) electrons. The van der Waals surface area contributed by atoms with Crippen LogP contribution in [0.15, 0.2) is 54.1 Å². The Hall–Kier alpha value is -3.77. The molecule has 3 aromatic rings. The highest BCUT2D eigenvalue weighted by molar-refractivity contribution is 7.86. The monoisotopic (exact) mass is 594 g/mol. The molecular formula is C28H31FO9S2. The molecule has 0 aromatic heterocycles. The van der Waals surface area contributed by atoms with E-state index >= 15 is 0 Å². The van der Waals surface area contributed by atoms with Crippen LogP contribution in [-0.4, -0.2) is 50.2 Å². The van der Waals surface area contributed by atoms with Crippen molar-refractivity contribution in [1.82, 2.24) is 0 Å². The van der Waals surface area contributed by atoms with Gasteiger partial charge in [-0.05, 0) is 73.9 Å². The van der Waals surface area contributed by atoms with Gasteiger partial charge in [0.05, 0.1) is 32.3 Å². The lowest BCUT2D eigenvalue weighted by Gasteiger charge is -2.21. The standard InChI is InChI=1S/C28H31FO9S2/c1-17(2)12-13-36-23-11-9-20(15-24(23)37-39(6,30)31)26-25(34-4)16-21(19-8-10-22(29)18(3)14-19)27(35-5)28(26)38-40(7,32)33/h8-12,14-16H,13H2,1-7H3. The van der Waals surface area contributed by atoms with Gasteiger partial charge in [0.2, 0.25) is 0 Å². The van der Waals surface area contributed by atoms with Crippen molar-refractivity contribution in [3.63, 3.8) is 0 Å². The quantitative estimate of drug-likeness (QED) is 0.209. The molecule has 12 heteroatoms. The third-order valence-electron chi connectivity index (χ3n) is 5.53. The van der Waals surface area contributed by atoms with Crippen LogP contribution in [0.4, 0.5) is 4.39 Å². The number of rotatable bonds is 11. The molecule has 0 unspecified atom stereocenters. The van der Waals surface area contributed by atoms with Crippen LogP contribution >= 0.6 is 0 Å². The zero-order chi connectivity index (χ0) is 29.8. The van der Waals surface area contributed by atoms with E-state index in [1.807, 2.05) is 13.8 Å². The summed E-state index contributed by atoms with van der Waals surface area (Å²) in [6, 6.07) is 10.4. The van der Waals surface area contributed by atoms with Crippen LogP contribution in [0.1, 0.15) is 19.4 Å². The van der Waals surface area contributed by atoms with Crippen molar-refractivity contribution >= 4 is 20.2 Å². The van der Waals surface area contributed by atoms with Gasteiger partial charge in [-0.3, -0.25) is 0 Å². The minimum Gasteiger partial charge on any atom is -0.496 e. The molecule has 0 fully saturated rings. The summed E-state index contributed by atoms with van der Waals surface area (Å²) >= 11 is 0. The van der Waals surface area contributed by atoms with Gasteiger partial charge in [0.25, 0.3) is 0 Å². The molecule has 0 N–H and O–H groups in total. The summed E-state index contributed by atoms with van der Waals surface area (Å²) in [5, 5.41) is 0. The van der Waals surface area contributed by atoms with Crippen molar-refractivity contribution in [1.29, 1.82) is 0 Å². The Morgan fingerprint density at radius 1 is 0.800 bits per heavy atom. The van der Waals surface area contributed by atoms with E-state index in [1.54, 1.807) is 31.2 Å². The van der Waals surface area contributed by atoms with Crippen LogP contribution in [-0.2, 0) is 20.2 Å². The van der Waals surface area contributed by atoms with Crippen LogP contribution in [0.25, 0.3) is 22.3 Å². The number of ether oxygens (including phenoxy) is 3. The van der Waals surface area contributed by atoms with Crippen LogP contribution in [0.5, 0.6) is 28.7 Å². The maximum absolute atomic E-state index is 14.0. The van der Waals surface area contributed by atoms with E-state index < -0.39 is 26.1 Å². The fraction of sp³-hybridized carbons (Fsp3) is 0.286. The first kappa shape index (κ1) is 30.8. The summed E-state index contributed by atoms with van der Waals surface area (Å²) in [5.74, 6) is -0.427. The SMILES string of the molecule is COc1cc(-c2ccc(F)c(C)c2)c(OC)c(OS(C)(=O)=O)c1-c1ccc(OCC=C(C)C)c(OS(C)(=O)=O)c1. The van der Waals surface area contributed by atoms with Gasteiger partial charge in [0, 0.05) is 5.56 Å². The zero-order valence-corrected chi connectivity index (χ0v) is 24.8. The highest BCUT2D eigenvalue weighted by Gasteiger charge is 2.27. The molecule has 0 heterocycles. The molecule has 216 valence electrons. The molecule has 0 saturated heterocycles. The van der Waals surface area contributed by atoms with E-state index in [1.165, 1.54) is 38.5 Å². The summed E-state index contributed by atoms with van der Waals surface area (Å²) in [6.45, 7) is 5.53. The Balaban J connectivity index is 2.35. The number of allylic oxidation sites excluding steroid dienone is 1. The van der Waals surface area contributed by atoms with Gasteiger partial charge in [-0.15, -0.1) is 0 Å². The molecule has 0 aliphatic carbocycles. The van der Waals surface area contributed by atoms with E-state index in [-0.39, 0.29) is 46.5 Å². The number of hydrogen-bond acceptors (Lipinski definition) is 9. The number of hydrogen-bond donors (Lipinski definition) is 0. The molecular weight excluding hydrogens is 563 g/mol. The van der Waals surface area contributed by atoms with E-state index in [4.69, 9.17) is 22.6 Å². The fourth-order valence-electron chi connectivity index (χ4n) is 3.82. The number of aryl methyl sites for hydroxylation is 1. The zero-order valence-electron chi connectivity index (χ0n) is 23.2. The van der Waals surface area contributed by atoms with Crippen LogP contribution in [0.3, 0.4) is 0 Å². The smallest absolute Gasteiger partial charge is 0.306 e. The van der Waals surface area contributed by atoms with Gasteiger partial charge in [-0.2, -0.15) is 16.8 Å². The lowest BCUT2D eigenvalue weighted by molar-refractivity contribution is 0.347. The second-order valence-electron chi connectivity index (χ2n) is 9.16. The Kier molecular flexibility index (Phi) is 9.36. The molecule has 0 bridgehead atoms. The third-order valence-corrected chi connectivity index (χ3v) is 6.48. The first-order valence-corrected chi connectivity index (χ1v) is 15.5. The summed E-state index contributed by atoms with van der Waals surface area (Å²) in [7, 11) is -5.36. The minimum absolute atomic E-state index is 0.0294. The van der Waals surface area contributed by atoms with Crippen LogP contribution in [0.2, 0.25) is 0 Å².